The number of rotatable bonds is 4. The molecule has 1 aromatic heterocycles. The summed E-state index contributed by atoms with van der Waals surface area (Å²) >= 11 is 0. The van der Waals surface area contributed by atoms with Gasteiger partial charge in [-0.15, -0.1) is 0 Å². The van der Waals surface area contributed by atoms with E-state index in [-0.39, 0.29) is 12.3 Å². The number of carboxylic acids is 1. The zero-order valence-electron chi connectivity index (χ0n) is 10.5. The molecular formula is C13H16N2O4. The first kappa shape index (κ1) is 13.2. The first-order valence-electron chi connectivity index (χ1n) is 6.15. The molecule has 0 aromatic carbocycles. The van der Waals surface area contributed by atoms with Gasteiger partial charge >= 0.3 is 12.1 Å². The van der Waals surface area contributed by atoms with Crippen molar-refractivity contribution in [2.24, 2.45) is 0 Å². The van der Waals surface area contributed by atoms with Crippen LogP contribution >= 0.6 is 0 Å². The largest absolute Gasteiger partial charge is 0.477 e. The van der Waals surface area contributed by atoms with E-state index in [1.54, 1.807) is 0 Å². The highest BCUT2D eigenvalue weighted by Crippen LogP contribution is 2.31. The molecule has 0 aliphatic heterocycles. The maximum Gasteiger partial charge on any atom is 0.412 e. The van der Waals surface area contributed by atoms with E-state index < -0.39 is 12.1 Å². The summed E-state index contributed by atoms with van der Waals surface area (Å²) in [4.78, 5) is 25.6. The van der Waals surface area contributed by atoms with E-state index in [1.165, 1.54) is 6.08 Å². The Labute approximate surface area is 110 Å². The van der Waals surface area contributed by atoms with Gasteiger partial charge in [0.25, 0.3) is 0 Å². The van der Waals surface area contributed by atoms with Crippen LogP contribution in [0, 0.1) is 0 Å². The fraction of sp³-hybridized carbons (Fsp3) is 0.385. The van der Waals surface area contributed by atoms with E-state index in [1.807, 2.05) is 0 Å². The van der Waals surface area contributed by atoms with Crippen LogP contribution < -0.4 is 5.32 Å². The number of carbonyl (C=O) groups excluding carboxylic acids is 1. The van der Waals surface area contributed by atoms with Crippen molar-refractivity contribution in [3.05, 3.63) is 29.6 Å². The number of aryl methyl sites for hydroxylation is 1. The average Bonchev–Trinajstić information content (AvgIpc) is 2.76. The summed E-state index contributed by atoms with van der Waals surface area (Å²) in [6, 6.07) is 0. The van der Waals surface area contributed by atoms with Crippen molar-refractivity contribution in [2.75, 3.05) is 11.9 Å². The van der Waals surface area contributed by atoms with E-state index in [0.29, 0.717) is 5.69 Å². The van der Waals surface area contributed by atoms with Crippen molar-refractivity contribution in [1.29, 1.82) is 0 Å². The molecule has 19 heavy (non-hydrogen) atoms. The molecule has 0 fully saturated rings. The minimum atomic E-state index is -1.09. The highest BCUT2D eigenvalue weighted by atomic mass is 16.5. The van der Waals surface area contributed by atoms with Crippen molar-refractivity contribution in [2.45, 2.75) is 25.7 Å². The van der Waals surface area contributed by atoms with E-state index >= 15 is 0 Å². The van der Waals surface area contributed by atoms with Gasteiger partial charge in [-0.2, -0.15) is 0 Å². The third-order valence-corrected chi connectivity index (χ3v) is 3.07. The molecule has 0 bridgehead atoms. The lowest BCUT2D eigenvalue weighted by molar-refractivity contribution is 0.0692. The lowest BCUT2D eigenvalue weighted by atomic mass is 9.97. The van der Waals surface area contributed by atoms with Crippen LogP contribution in [-0.2, 0) is 17.6 Å². The molecule has 0 atom stereocenters. The topological polar surface area (TPSA) is 91.4 Å². The number of carbonyl (C=O) groups is 2. The zero-order valence-corrected chi connectivity index (χ0v) is 10.5. The Morgan fingerprint density at radius 3 is 2.84 bits per heavy atom. The summed E-state index contributed by atoms with van der Waals surface area (Å²) in [5.74, 6) is -1.09. The molecule has 1 amide bonds. The SMILES string of the molecule is C=CCOC(=O)Nc1c(C(=O)O)[nH]c2c1CCCC2. The number of anilines is 1. The molecule has 6 nitrogen and oxygen atoms in total. The van der Waals surface area contributed by atoms with Gasteiger partial charge in [-0.25, -0.2) is 9.59 Å². The molecule has 1 aliphatic rings. The number of fused-ring (bicyclic) bond motifs is 1. The molecule has 102 valence electrons. The third-order valence-electron chi connectivity index (χ3n) is 3.07. The monoisotopic (exact) mass is 264 g/mol. The molecule has 0 saturated carbocycles. The first-order valence-corrected chi connectivity index (χ1v) is 6.15. The molecule has 3 N–H and O–H groups in total. The van der Waals surface area contributed by atoms with Crippen LogP contribution in [0.2, 0.25) is 0 Å². The van der Waals surface area contributed by atoms with Crippen LogP contribution in [0.3, 0.4) is 0 Å². The van der Waals surface area contributed by atoms with Crippen LogP contribution in [0.15, 0.2) is 12.7 Å². The normalized spacial score (nSPS) is 13.5. The highest BCUT2D eigenvalue weighted by Gasteiger charge is 2.25. The summed E-state index contributed by atoms with van der Waals surface area (Å²) in [6.07, 6.45) is 4.35. The van der Waals surface area contributed by atoms with E-state index in [0.717, 1.165) is 36.9 Å². The molecule has 0 unspecified atom stereocenters. The summed E-state index contributed by atoms with van der Waals surface area (Å²) < 4.78 is 4.82. The summed E-state index contributed by atoms with van der Waals surface area (Å²) in [5, 5.41) is 11.7. The Morgan fingerprint density at radius 1 is 1.42 bits per heavy atom. The number of hydrogen-bond acceptors (Lipinski definition) is 3. The minimum absolute atomic E-state index is 0.0162. The molecule has 0 radical (unpaired) electrons. The number of amides is 1. The Bertz CT molecular complexity index is 519. The zero-order chi connectivity index (χ0) is 13.8. The van der Waals surface area contributed by atoms with E-state index in [4.69, 9.17) is 9.84 Å². The fourth-order valence-electron chi connectivity index (χ4n) is 2.25. The molecule has 6 heteroatoms. The fourth-order valence-corrected chi connectivity index (χ4v) is 2.25. The number of ether oxygens (including phenoxy) is 1. The number of aromatic amines is 1. The first-order chi connectivity index (χ1) is 9.13. The van der Waals surface area contributed by atoms with Crippen molar-refractivity contribution in [3.8, 4) is 0 Å². The summed E-state index contributed by atoms with van der Waals surface area (Å²) in [6.45, 7) is 3.52. The van der Waals surface area contributed by atoms with Crippen molar-refractivity contribution < 1.29 is 19.4 Å². The van der Waals surface area contributed by atoms with Crippen LogP contribution in [-0.4, -0.2) is 28.8 Å². The van der Waals surface area contributed by atoms with E-state index in [9.17, 15) is 9.59 Å². The number of aromatic carboxylic acids is 1. The van der Waals surface area contributed by atoms with Gasteiger partial charge in [0.1, 0.15) is 12.3 Å². The molecule has 0 saturated heterocycles. The maximum absolute atomic E-state index is 11.5. The molecule has 1 aromatic rings. The van der Waals surface area contributed by atoms with Gasteiger partial charge in [0.05, 0.1) is 5.69 Å². The minimum Gasteiger partial charge on any atom is -0.477 e. The molecule has 0 spiro atoms. The van der Waals surface area contributed by atoms with Gasteiger partial charge in [0.15, 0.2) is 0 Å². The van der Waals surface area contributed by atoms with Crippen LogP contribution in [0.4, 0.5) is 10.5 Å². The van der Waals surface area contributed by atoms with Gasteiger partial charge in [0, 0.05) is 5.69 Å². The molecular weight excluding hydrogens is 248 g/mol. The number of nitrogens with one attached hydrogen (secondary N) is 2. The van der Waals surface area contributed by atoms with Gasteiger partial charge in [0.2, 0.25) is 0 Å². The summed E-state index contributed by atoms with van der Waals surface area (Å²) in [7, 11) is 0. The lowest BCUT2D eigenvalue weighted by Gasteiger charge is -2.13. The molecule has 2 rings (SSSR count). The summed E-state index contributed by atoms with van der Waals surface area (Å²) in [5.41, 5.74) is 2.11. The molecule has 1 aliphatic carbocycles. The van der Waals surface area contributed by atoms with Crippen molar-refractivity contribution in [3.63, 3.8) is 0 Å². The van der Waals surface area contributed by atoms with Gasteiger partial charge in [-0.1, -0.05) is 12.7 Å². The Morgan fingerprint density at radius 2 is 2.16 bits per heavy atom. The Hall–Kier alpha value is -2.24. The third kappa shape index (κ3) is 2.78. The second-order valence-corrected chi connectivity index (χ2v) is 4.36. The average molecular weight is 264 g/mol. The second kappa shape index (κ2) is 5.60. The van der Waals surface area contributed by atoms with Gasteiger partial charge < -0.3 is 14.8 Å². The van der Waals surface area contributed by atoms with Crippen LogP contribution in [0.5, 0.6) is 0 Å². The number of aromatic nitrogens is 1. The maximum atomic E-state index is 11.5. The van der Waals surface area contributed by atoms with E-state index in [2.05, 4.69) is 16.9 Å². The number of H-pyrrole nitrogens is 1. The van der Waals surface area contributed by atoms with Gasteiger partial charge in [-0.05, 0) is 31.2 Å². The Balaban J connectivity index is 2.26. The number of hydrogen-bond donors (Lipinski definition) is 3. The highest BCUT2D eigenvalue weighted by molar-refractivity contribution is 5.99. The lowest BCUT2D eigenvalue weighted by Crippen LogP contribution is -2.16. The van der Waals surface area contributed by atoms with Gasteiger partial charge in [-0.3, -0.25) is 5.32 Å². The second-order valence-electron chi connectivity index (χ2n) is 4.36. The predicted molar refractivity (Wildman–Crippen MR) is 69.6 cm³/mol. The number of carboxylic acid groups (broad SMARTS) is 1. The Kier molecular flexibility index (Phi) is 3.89. The van der Waals surface area contributed by atoms with Crippen molar-refractivity contribution in [1.82, 2.24) is 4.98 Å². The molecule has 1 heterocycles. The smallest absolute Gasteiger partial charge is 0.412 e. The van der Waals surface area contributed by atoms with Crippen LogP contribution in [0.25, 0.3) is 0 Å². The predicted octanol–water partition coefficient (Wildman–Crippen LogP) is 2.33. The van der Waals surface area contributed by atoms with Crippen molar-refractivity contribution >= 4 is 17.7 Å². The van der Waals surface area contributed by atoms with Crippen LogP contribution in [0.1, 0.15) is 34.6 Å². The standard InChI is InChI=1S/C13H16N2O4/c1-2-7-19-13(18)15-10-8-5-3-4-6-9(8)14-11(10)12(16)17/h2,14H,1,3-7H2,(H,15,18)(H,16,17). The quantitative estimate of drug-likeness (QED) is 0.728.